The molecule has 3 fully saturated rings. The summed E-state index contributed by atoms with van der Waals surface area (Å²) >= 11 is 1.57. The lowest BCUT2D eigenvalue weighted by Gasteiger charge is -2.37. The Morgan fingerprint density at radius 2 is 1.50 bits per heavy atom. The number of H-pyrrole nitrogens is 1. The number of nitrogens with one attached hydrogen (secondary N) is 4. The van der Waals surface area contributed by atoms with Crippen LogP contribution < -0.4 is 26.4 Å². The topological polar surface area (TPSA) is 228 Å². The molecule has 0 bridgehead atoms. The standard InChI is InChI=1S/C64H85N9O10S/c1-9-72(50-18-26-81-27-19-50)54-34-49(33-52(43(54)4)60(77)66-37-53-41(2)32-42(3)68-61(53)78)47-14-12-46(13-15-47)38-70-22-24-71(25-23-70)57(76)21-29-83-31-30-82-28-20-56(75)69-59(64(6,7)8)63(80)73-39-51(74)35-55(73)62(79)65-36-45-10-16-48(17-11-45)58-44(5)67-40-84-58/h10-17,32-34,40,50-51,55,59,74H,9,18-31,35-39H2,1-8H3,(H,65,79)(H,66,77)(H,68,78)(H,69,75)/t51-,55+,59-/m1/s1. The van der Waals surface area contributed by atoms with Crippen LogP contribution in [0.15, 0.2) is 77.0 Å². The summed E-state index contributed by atoms with van der Waals surface area (Å²) in [6, 6.07) is 20.9. The average molecular weight is 1170 g/mol. The first-order chi connectivity index (χ1) is 40.3. The number of amides is 5. The molecule has 3 aliphatic rings. The Hall–Kier alpha value is -6.81. The van der Waals surface area contributed by atoms with Crippen molar-refractivity contribution in [3.63, 3.8) is 0 Å². The van der Waals surface area contributed by atoms with Gasteiger partial charge in [-0.05, 0) is 110 Å². The maximum absolute atomic E-state index is 14.1. The van der Waals surface area contributed by atoms with Gasteiger partial charge < -0.3 is 55.0 Å². The summed E-state index contributed by atoms with van der Waals surface area (Å²) in [7, 11) is 0. The molecule has 5 heterocycles. The van der Waals surface area contributed by atoms with Crippen LogP contribution in [0.1, 0.15) is 109 Å². The third-order valence-electron chi connectivity index (χ3n) is 16.3. The van der Waals surface area contributed by atoms with Gasteiger partial charge in [-0.3, -0.25) is 33.7 Å². The molecule has 0 radical (unpaired) electrons. The van der Waals surface area contributed by atoms with Crippen LogP contribution in [-0.2, 0) is 53.0 Å². The number of pyridine rings is 1. The number of aliphatic hydroxyl groups excluding tert-OH is 1. The summed E-state index contributed by atoms with van der Waals surface area (Å²) < 4.78 is 17.1. The fourth-order valence-corrected chi connectivity index (χ4v) is 12.2. The number of aliphatic hydroxyl groups is 1. The Morgan fingerprint density at radius 3 is 2.14 bits per heavy atom. The number of ether oxygens (including phenoxy) is 3. The number of rotatable bonds is 24. The zero-order valence-electron chi connectivity index (χ0n) is 50.1. The molecule has 2 aromatic heterocycles. The van der Waals surface area contributed by atoms with E-state index in [1.54, 1.807) is 11.3 Å². The molecule has 3 saturated heterocycles. The predicted octanol–water partition coefficient (Wildman–Crippen LogP) is 6.60. The zero-order valence-corrected chi connectivity index (χ0v) is 51.0. The van der Waals surface area contributed by atoms with Crippen molar-refractivity contribution >= 4 is 46.6 Å². The van der Waals surface area contributed by atoms with Gasteiger partial charge >= 0.3 is 0 Å². The number of benzene rings is 3. The number of aromatic amines is 1. The summed E-state index contributed by atoms with van der Waals surface area (Å²) in [4.78, 5) is 97.0. The van der Waals surface area contributed by atoms with Crippen LogP contribution in [0.25, 0.3) is 21.6 Å². The lowest BCUT2D eigenvalue weighted by molar-refractivity contribution is -0.144. The highest BCUT2D eigenvalue weighted by atomic mass is 32.1. The second-order valence-electron chi connectivity index (χ2n) is 23.4. The normalized spacial score (nSPS) is 17.2. The lowest BCUT2D eigenvalue weighted by Crippen LogP contribution is -2.57. The molecule has 0 aliphatic carbocycles. The molecule has 5 amide bonds. The van der Waals surface area contributed by atoms with Crippen LogP contribution in [0.2, 0.25) is 0 Å². The van der Waals surface area contributed by atoms with Crippen LogP contribution in [0.3, 0.4) is 0 Å². The second kappa shape index (κ2) is 29.3. The molecule has 0 unspecified atom stereocenters. The van der Waals surface area contributed by atoms with Gasteiger partial charge in [0.2, 0.25) is 23.6 Å². The number of aromatic nitrogens is 2. The third-order valence-corrected chi connectivity index (χ3v) is 17.2. The van der Waals surface area contributed by atoms with E-state index in [0.717, 1.165) is 99.9 Å². The van der Waals surface area contributed by atoms with Gasteiger partial charge in [0.25, 0.3) is 11.5 Å². The van der Waals surface area contributed by atoms with Gasteiger partial charge in [0, 0.05) is 114 Å². The van der Waals surface area contributed by atoms with Crippen molar-refractivity contribution in [2.75, 3.05) is 83.8 Å². The number of carbonyl (C=O) groups excluding carboxylic acids is 5. The predicted molar refractivity (Wildman–Crippen MR) is 326 cm³/mol. The molecule has 3 aliphatic heterocycles. The summed E-state index contributed by atoms with van der Waals surface area (Å²) in [5.41, 5.74) is 11.5. The third kappa shape index (κ3) is 16.5. The number of nitrogens with zero attached hydrogens (tertiary/aromatic N) is 5. The molecular formula is C64H85N9O10S. The van der Waals surface area contributed by atoms with Crippen LogP contribution in [0.5, 0.6) is 0 Å². The number of aryl methyl sites for hydroxylation is 3. The Labute approximate surface area is 497 Å². The highest BCUT2D eigenvalue weighted by Crippen LogP contribution is 2.35. The van der Waals surface area contributed by atoms with Gasteiger partial charge in [-0.15, -0.1) is 11.3 Å². The number of thiazole rings is 1. The quantitative estimate of drug-likeness (QED) is 0.0411. The van der Waals surface area contributed by atoms with Crippen molar-refractivity contribution in [1.82, 2.24) is 40.6 Å². The number of likely N-dealkylation sites (tertiary alicyclic amines) is 1. The Bertz CT molecular complexity index is 3130. The minimum absolute atomic E-state index is 0.00276. The van der Waals surface area contributed by atoms with Crippen molar-refractivity contribution in [1.29, 1.82) is 0 Å². The second-order valence-corrected chi connectivity index (χ2v) is 24.3. The number of β-amino-alcohol motifs (C(OH)–C–C–N with tert-alkyl or cyclic N) is 1. The molecule has 3 aromatic carbocycles. The van der Waals surface area contributed by atoms with E-state index in [1.165, 1.54) is 4.90 Å². The molecule has 20 heteroatoms. The van der Waals surface area contributed by atoms with E-state index < -0.39 is 29.5 Å². The average Bonchev–Trinajstić information content (AvgIpc) is 3.69. The van der Waals surface area contributed by atoms with Crippen LogP contribution in [0.4, 0.5) is 5.69 Å². The minimum Gasteiger partial charge on any atom is -0.391 e. The fraction of sp³-hybridized carbons (Fsp3) is 0.516. The largest absolute Gasteiger partial charge is 0.391 e. The van der Waals surface area contributed by atoms with Crippen LogP contribution in [-0.4, -0.2) is 162 Å². The molecular weight excluding hydrogens is 1090 g/mol. The Morgan fingerprint density at radius 1 is 0.833 bits per heavy atom. The summed E-state index contributed by atoms with van der Waals surface area (Å²) in [5.74, 6) is -1.39. The number of hydrogen-bond acceptors (Lipinski definition) is 14. The maximum Gasteiger partial charge on any atom is 0.253 e. The van der Waals surface area contributed by atoms with E-state index in [9.17, 15) is 33.9 Å². The summed E-state index contributed by atoms with van der Waals surface area (Å²) in [6.45, 7) is 22.1. The molecule has 8 rings (SSSR count). The van der Waals surface area contributed by atoms with Gasteiger partial charge in [-0.1, -0.05) is 69.3 Å². The molecule has 452 valence electrons. The number of hydrogen-bond donors (Lipinski definition) is 5. The first-order valence-corrected chi connectivity index (χ1v) is 30.4. The number of carbonyl (C=O) groups is 5. The first kappa shape index (κ1) is 63.2. The molecule has 19 nitrogen and oxygen atoms in total. The molecule has 3 atom stereocenters. The Balaban J connectivity index is 0.740. The lowest BCUT2D eigenvalue weighted by atomic mass is 9.85. The molecule has 0 saturated carbocycles. The van der Waals surface area contributed by atoms with Crippen molar-refractivity contribution < 1.29 is 43.3 Å². The smallest absolute Gasteiger partial charge is 0.253 e. The van der Waals surface area contributed by atoms with Crippen molar-refractivity contribution in [2.45, 2.75) is 131 Å². The summed E-state index contributed by atoms with van der Waals surface area (Å²) in [6.07, 6.45) is 1.27. The highest BCUT2D eigenvalue weighted by molar-refractivity contribution is 7.13. The minimum atomic E-state index is -0.953. The van der Waals surface area contributed by atoms with E-state index in [1.807, 2.05) is 95.3 Å². The van der Waals surface area contributed by atoms with Gasteiger partial charge in [-0.25, -0.2) is 4.98 Å². The zero-order chi connectivity index (χ0) is 60.1. The maximum atomic E-state index is 14.1. The van der Waals surface area contributed by atoms with Crippen LogP contribution in [0, 0.1) is 33.1 Å². The van der Waals surface area contributed by atoms with E-state index in [0.29, 0.717) is 37.4 Å². The SMILES string of the molecule is CCN(c1cc(-c2ccc(CN3CCN(C(=O)CCOCCOCCC(=O)N[C@H](C(=O)N4C[C@H](O)C[C@H]4C(=O)NCc4ccc(-c5scnc5C)cc4)C(C)(C)C)CC3)cc2)cc(C(=O)NCc2c(C)cc(C)[nH]c2=O)c1C)C1CCOCC1. The highest BCUT2D eigenvalue weighted by Gasteiger charge is 2.44. The van der Waals surface area contributed by atoms with E-state index in [2.05, 4.69) is 73.0 Å². The molecule has 0 spiro atoms. The summed E-state index contributed by atoms with van der Waals surface area (Å²) in [5, 5.41) is 19.5. The van der Waals surface area contributed by atoms with Gasteiger partial charge in [-0.2, -0.15) is 0 Å². The Kier molecular flexibility index (Phi) is 22.1. The fourth-order valence-electron chi connectivity index (χ4n) is 11.4. The monoisotopic (exact) mass is 1170 g/mol. The van der Waals surface area contributed by atoms with Crippen LogP contribution >= 0.6 is 11.3 Å². The van der Waals surface area contributed by atoms with Crippen molar-refractivity contribution in [3.05, 3.63) is 127 Å². The molecule has 5 aromatic rings. The van der Waals surface area contributed by atoms with E-state index in [4.69, 9.17) is 14.2 Å². The van der Waals surface area contributed by atoms with Crippen molar-refractivity contribution in [2.24, 2.45) is 5.41 Å². The van der Waals surface area contributed by atoms with Crippen molar-refractivity contribution in [3.8, 4) is 21.6 Å². The van der Waals surface area contributed by atoms with E-state index >= 15 is 0 Å². The number of anilines is 1. The molecule has 84 heavy (non-hydrogen) atoms. The molecule has 5 N–H and O–H groups in total. The van der Waals surface area contributed by atoms with Gasteiger partial charge in [0.15, 0.2) is 0 Å². The van der Waals surface area contributed by atoms with Gasteiger partial charge in [0.1, 0.15) is 12.1 Å². The first-order valence-electron chi connectivity index (χ1n) is 29.5. The number of piperazine rings is 1. The van der Waals surface area contributed by atoms with E-state index in [-0.39, 0.29) is 101 Å². The van der Waals surface area contributed by atoms with Gasteiger partial charge in [0.05, 0.1) is 55.0 Å².